The van der Waals surface area contributed by atoms with Crippen molar-refractivity contribution in [2.45, 2.75) is 40.0 Å². The highest BCUT2D eigenvalue weighted by Gasteiger charge is 2.00. The summed E-state index contributed by atoms with van der Waals surface area (Å²) in [5.41, 5.74) is 0. The predicted molar refractivity (Wildman–Crippen MR) is 64.6 cm³/mol. The van der Waals surface area contributed by atoms with E-state index in [0.717, 1.165) is 5.92 Å². The molecule has 2 heteroatoms. The predicted octanol–water partition coefficient (Wildman–Crippen LogP) is 3.16. The number of rotatable bonds is 9. The molecule has 0 amide bonds. The van der Waals surface area contributed by atoms with Crippen LogP contribution in [0.2, 0.25) is 0 Å². The largest absolute Gasteiger partial charge is 0.316 e. The van der Waals surface area contributed by atoms with Gasteiger partial charge in [-0.1, -0.05) is 27.2 Å². The second kappa shape index (κ2) is 10.4. The Labute approximate surface area is 88.1 Å². The molecule has 0 fully saturated rings. The zero-order valence-corrected chi connectivity index (χ0v) is 10.3. The van der Waals surface area contributed by atoms with Gasteiger partial charge in [-0.25, -0.2) is 0 Å². The van der Waals surface area contributed by atoms with Gasteiger partial charge in [0.2, 0.25) is 0 Å². The molecular formula is C11H25NS. The molecule has 0 aromatic heterocycles. The monoisotopic (exact) mass is 203 g/mol. The molecule has 0 saturated carbocycles. The van der Waals surface area contributed by atoms with Crippen LogP contribution in [0.4, 0.5) is 0 Å². The normalized spacial score (nSPS) is 13.2. The maximum atomic E-state index is 3.46. The average molecular weight is 203 g/mol. The fourth-order valence-electron chi connectivity index (χ4n) is 1.12. The number of thioether (sulfide) groups is 1. The highest BCUT2D eigenvalue weighted by Crippen LogP contribution is 2.09. The molecular weight excluding hydrogens is 178 g/mol. The van der Waals surface area contributed by atoms with Crippen LogP contribution in [0, 0.1) is 5.92 Å². The molecule has 13 heavy (non-hydrogen) atoms. The summed E-state index contributed by atoms with van der Waals surface area (Å²) in [6, 6.07) is 0. The first kappa shape index (κ1) is 13.3. The average Bonchev–Trinajstić information content (AvgIpc) is 2.13. The first-order valence-electron chi connectivity index (χ1n) is 5.59. The maximum Gasteiger partial charge on any atom is -0.00153 e. The molecule has 80 valence electrons. The lowest BCUT2D eigenvalue weighted by molar-refractivity contribution is 0.557. The van der Waals surface area contributed by atoms with E-state index in [1.54, 1.807) is 0 Å². The summed E-state index contributed by atoms with van der Waals surface area (Å²) in [7, 11) is 0. The van der Waals surface area contributed by atoms with Crippen molar-refractivity contribution in [1.29, 1.82) is 0 Å². The lowest BCUT2D eigenvalue weighted by Gasteiger charge is -2.11. The summed E-state index contributed by atoms with van der Waals surface area (Å²) in [5, 5.41) is 3.46. The zero-order chi connectivity index (χ0) is 9.94. The van der Waals surface area contributed by atoms with Gasteiger partial charge in [-0.2, -0.15) is 11.8 Å². The molecule has 1 atom stereocenters. The van der Waals surface area contributed by atoms with Crippen LogP contribution in [0.5, 0.6) is 0 Å². The van der Waals surface area contributed by atoms with Gasteiger partial charge in [0.1, 0.15) is 0 Å². The third kappa shape index (κ3) is 10.2. The summed E-state index contributed by atoms with van der Waals surface area (Å²) in [4.78, 5) is 0. The Morgan fingerprint density at radius 3 is 2.62 bits per heavy atom. The van der Waals surface area contributed by atoms with Crippen molar-refractivity contribution < 1.29 is 0 Å². The van der Waals surface area contributed by atoms with Crippen molar-refractivity contribution in [1.82, 2.24) is 5.32 Å². The van der Waals surface area contributed by atoms with E-state index in [0.29, 0.717) is 0 Å². The van der Waals surface area contributed by atoms with Gasteiger partial charge < -0.3 is 5.32 Å². The smallest absolute Gasteiger partial charge is 0.00153 e. The molecule has 1 N–H and O–H groups in total. The minimum Gasteiger partial charge on any atom is -0.316 e. The minimum absolute atomic E-state index is 0.827. The number of hydrogen-bond donors (Lipinski definition) is 1. The van der Waals surface area contributed by atoms with E-state index in [1.165, 1.54) is 43.9 Å². The maximum absolute atomic E-state index is 3.46. The quantitative estimate of drug-likeness (QED) is 0.578. The summed E-state index contributed by atoms with van der Waals surface area (Å²) in [6.07, 6.45) is 3.95. The molecule has 0 rings (SSSR count). The summed E-state index contributed by atoms with van der Waals surface area (Å²) in [5.74, 6) is 3.49. The van der Waals surface area contributed by atoms with E-state index in [2.05, 4.69) is 37.8 Å². The van der Waals surface area contributed by atoms with Crippen molar-refractivity contribution >= 4 is 11.8 Å². The molecule has 0 aromatic carbocycles. The van der Waals surface area contributed by atoms with Gasteiger partial charge in [-0.15, -0.1) is 0 Å². The fraction of sp³-hybridized carbons (Fsp3) is 1.00. The lowest BCUT2D eigenvalue weighted by Crippen LogP contribution is -2.23. The van der Waals surface area contributed by atoms with Crippen LogP contribution in [0.15, 0.2) is 0 Å². The van der Waals surface area contributed by atoms with Crippen molar-refractivity contribution in [2.24, 2.45) is 5.92 Å². The Morgan fingerprint density at radius 1 is 1.23 bits per heavy atom. The fourth-order valence-corrected chi connectivity index (χ4v) is 2.29. The Bertz CT molecular complexity index is 96.1. The molecule has 0 radical (unpaired) electrons. The van der Waals surface area contributed by atoms with Crippen molar-refractivity contribution in [2.75, 3.05) is 24.6 Å². The van der Waals surface area contributed by atoms with Gasteiger partial charge in [0.25, 0.3) is 0 Å². The van der Waals surface area contributed by atoms with Gasteiger partial charge in [0, 0.05) is 0 Å². The van der Waals surface area contributed by atoms with E-state index in [4.69, 9.17) is 0 Å². The summed E-state index contributed by atoms with van der Waals surface area (Å²) >= 11 is 2.10. The Balaban J connectivity index is 3.05. The second-order valence-electron chi connectivity index (χ2n) is 3.74. The molecule has 0 aliphatic heterocycles. The molecule has 1 unspecified atom stereocenters. The van der Waals surface area contributed by atoms with Crippen LogP contribution in [-0.4, -0.2) is 24.6 Å². The summed E-state index contributed by atoms with van der Waals surface area (Å²) in [6.45, 7) is 9.17. The Hall–Kier alpha value is 0.310. The first-order valence-corrected chi connectivity index (χ1v) is 6.75. The van der Waals surface area contributed by atoms with Crippen LogP contribution >= 0.6 is 11.8 Å². The Morgan fingerprint density at radius 2 is 2.00 bits per heavy atom. The number of unbranched alkanes of at least 4 members (excludes halogenated alkanes) is 1. The molecule has 0 spiro atoms. The molecule has 0 saturated heterocycles. The van der Waals surface area contributed by atoms with Crippen LogP contribution in [0.25, 0.3) is 0 Å². The van der Waals surface area contributed by atoms with Crippen LogP contribution in [0.1, 0.15) is 40.0 Å². The zero-order valence-electron chi connectivity index (χ0n) is 9.44. The van der Waals surface area contributed by atoms with E-state index in [9.17, 15) is 0 Å². The second-order valence-corrected chi connectivity index (χ2v) is 4.89. The van der Waals surface area contributed by atoms with Gasteiger partial charge in [0.05, 0.1) is 0 Å². The number of nitrogens with one attached hydrogen (secondary N) is 1. The van der Waals surface area contributed by atoms with Crippen molar-refractivity contribution in [3.05, 3.63) is 0 Å². The summed E-state index contributed by atoms with van der Waals surface area (Å²) < 4.78 is 0. The van der Waals surface area contributed by atoms with Crippen molar-refractivity contribution in [3.8, 4) is 0 Å². The topological polar surface area (TPSA) is 12.0 Å². The third-order valence-electron chi connectivity index (χ3n) is 1.96. The third-order valence-corrected chi connectivity index (χ3v) is 3.35. The Kier molecular flexibility index (Phi) is 10.6. The highest BCUT2D eigenvalue weighted by molar-refractivity contribution is 7.99. The SMILES string of the molecule is CCCCSCC(C)CNCCC. The van der Waals surface area contributed by atoms with Crippen LogP contribution < -0.4 is 5.32 Å². The molecule has 0 aliphatic rings. The molecule has 1 nitrogen and oxygen atoms in total. The minimum atomic E-state index is 0.827. The van der Waals surface area contributed by atoms with E-state index in [-0.39, 0.29) is 0 Å². The van der Waals surface area contributed by atoms with E-state index < -0.39 is 0 Å². The van der Waals surface area contributed by atoms with E-state index in [1.807, 2.05) is 0 Å². The van der Waals surface area contributed by atoms with E-state index >= 15 is 0 Å². The molecule has 0 bridgehead atoms. The first-order chi connectivity index (χ1) is 6.31. The van der Waals surface area contributed by atoms with Gasteiger partial charge in [0.15, 0.2) is 0 Å². The van der Waals surface area contributed by atoms with Crippen LogP contribution in [0.3, 0.4) is 0 Å². The van der Waals surface area contributed by atoms with Crippen LogP contribution in [-0.2, 0) is 0 Å². The van der Waals surface area contributed by atoms with Gasteiger partial charge in [-0.3, -0.25) is 0 Å². The molecule has 0 aliphatic carbocycles. The van der Waals surface area contributed by atoms with Crippen molar-refractivity contribution in [3.63, 3.8) is 0 Å². The number of hydrogen-bond acceptors (Lipinski definition) is 2. The molecule has 0 heterocycles. The standard InChI is InChI=1S/C11H25NS/c1-4-6-8-13-10-11(3)9-12-7-5-2/h11-12H,4-10H2,1-3H3. The van der Waals surface area contributed by atoms with Gasteiger partial charge >= 0.3 is 0 Å². The molecule has 0 aromatic rings. The van der Waals surface area contributed by atoms with Gasteiger partial charge in [-0.05, 0) is 43.4 Å². The highest BCUT2D eigenvalue weighted by atomic mass is 32.2. The lowest BCUT2D eigenvalue weighted by atomic mass is 10.2.